The van der Waals surface area contributed by atoms with Crippen LogP contribution >= 0.6 is 28.1 Å². The number of nitrogens with two attached hydrogens (primary N) is 1. The molecule has 0 aromatic heterocycles. The Labute approximate surface area is 115 Å². The van der Waals surface area contributed by atoms with E-state index in [1.165, 1.54) is 0 Å². The number of rotatable bonds is 3. The molecule has 1 aromatic rings. The maximum absolute atomic E-state index is 12.0. The lowest BCUT2D eigenvalue weighted by molar-refractivity contribution is -0.121. The van der Waals surface area contributed by atoms with Crippen LogP contribution in [0.5, 0.6) is 0 Å². The average molecular weight is 315 g/mol. The van der Waals surface area contributed by atoms with E-state index in [9.17, 15) is 4.79 Å². The third-order valence-electron chi connectivity index (χ3n) is 2.48. The Bertz CT molecular complexity index is 451. The molecule has 0 aliphatic rings. The second-order valence-corrected chi connectivity index (χ2v) is 5.82. The van der Waals surface area contributed by atoms with Crippen molar-refractivity contribution in [3.63, 3.8) is 0 Å². The van der Waals surface area contributed by atoms with Crippen molar-refractivity contribution >= 4 is 44.7 Å². The molecule has 0 fully saturated rings. The number of hydrogen-bond donors (Lipinski definition) is 2. The summed E-state index contributed by atoms with van der Waals surface area (Å²) in [6.07, 6.45) is 0. The predicted molar refractivity (Wildman–Crippen MR) is 78.1 cm³/mol. The zero-order valence-electron chi connectivity index (χ0n) is 10.0. The first-order valence-corrected chi connectivity index (χ1v) is 6.32. The van der Waals surface area contributed by atoms with Gasteiger partial charge in [-0.1, -0.05) is 28.1 Å². The van der Waals surface area contributed by atoms with Crippen LogP contribution < -0.4 is 11.1 Å². The highest BCUT2D eigenvalue weighted by molar-refractivity contribution is 9.10. The Morgan fingerprint density at radius 1 is 1.41 bits per heavy atom. The van der Waals surface area contributed by atoms with E-state index in [-0.39, 0.29) is 10.9 Å². The summed E-state index contributed by atoms with van der Waals surface area (Å²) in [7, 11) is 0. The third kappa shape index (κ3) is 3.51. The second kappa shape index (κ2) is 5.14. The van der Waals surface area contributed by atoms with Gasteiger partial charge >= 0.3 is 0 Å². The number of carbonyl (C=O) groups excluding carboxylic acids is 1. The van der Waals surface area contributed by atoms with Gasteiger partial charge in [0.2, 0.25) is 5.91 Å². The van der Waals surface area contributed by atoms with Crippen molar-refractivity contribution in [3.05, 3.63) is 28.2 Å². The smallest absolute Gasteiger partial charge is 0.236 e. The fourth-order valence-corrected chi connectivity index (χ4v) is 1.91. The lowest BCUT2D eigenvalue weighted by Crippen LogP contribution is -2.41. The van der Waals surface area contributed by atoms with E-state index in [0.29, 0.717) is 0 Å². The molecular weight excluding hydrogens is 300 g/mol. The molecule has 0 aliphatic carbocycles. The quantitative estimate of drug-likeness (QED) is 0.843. The summed E-state index contributed by atoms with van der Waals surface area (Å²) in [6.45, 7) is 5.37. The molecule has 3 nitrogen and oxygen atoms in total. The van der Waals surface area contributed by atoms with Gasteiger partial charge in [-0.3, -0.25) is 4.79 Å². The van der Waals surface area contributed by atoms with Gasteiger partial charge in [0, 0.05) is 10.2 Å². The number of nitrogens with one attached hydrogen (secondary N) is 1. The van der Waals surface area contributed by atoms with E-state index in [2.05, 4.69) is 21.2 Å². The maximum Gasteiger partial charge on any atom is 0.236 e. The number of anilines is 1. The highest BCUT2D eigenvalue weighted by Gasteiger charge is 2.30. The van der Waals surface area contributed by atoms with E-state index in [1.807, 2.05) is 25.1 Å². The monoisotopic (exact) mass is 314 g/mol. The summed E-state index contributed by atoms with van der Waals surface area (Å²) in [6, 6.07) is 5.69. The van der Waals surface area contributed by atoms with Gasteiger partial charge in [-0.15, -0.1) is 0 Å². The number of benzene rings is 1. The van der Waals surface area contributed by atoms with Crippen LogP contribution in [0.25, 0.3) is 0 Å². The van der Waals surface area contributed by atoms with E-state index >= 15 is 0 Å². The van der Waals surface area contributed by atoms with Gasteiger partial charge in [-0.25, -0.2) is 0 Å². The van der Waals surface area contributed by atoms with Crippen LogP contribution in [0, 0.1) is 12.3 Å². The van der Waals surface area contributed by atoms with E-state index in [4.69, 9.17) is 18.0 Å². The van der Waals surface area contributed by atoms with Gasteiger partial charge in [0.1, 0.15) is 0 Å². The highest BCUT2D eigenvalue weighted by atomic mass is 79.9. The molecule has 0 unspecified atom stereocenters. The van der Waals surface area contributed by atoms with Crippen LogP contribution in [0.15, 0.2) is 22.7 Å². The minimum absolute atomic E-state index is 0.182. The van der Waals surface area contributed by atoms with E-state index in [1.54, 1.807) is 13.8 Å². The molecule has 0 saturated heterocycles. The van der Waals surface area contributed by atoms with Crippen molar-refractivity contribution in [2.24, 2.45) is 11.1 Å². The minimum Gasteiger partial charge on any atom is -0.392 e. The minimum atomic E-state index is -0.856. The van der Waals surface area contributed by atoms with Crippen molar-refractivity contribution in [2.75, 3.05) is 5.32 Å². The lowest BCUT2D eigenvalue weighted by Gasteiger charge is -2.22. The van der Waals surface area contributed by atoms with Crippen LogP contribution in [-0.4, -0.2) is 10.9 Å². The van der Waals surface area contributed by atoms with E-state index < -0.39 is 5.41 Å². The lowest BCUT2D eigenvalue weighted by atomic mass is 9.92. The van der Waals surface area contributed by atoms with Crippen LogP contribution in [0.4, 0.5) is 5.69 Å². The Hall–Kier alpha value is -0.940. The van der Waals surface area contributed by atoms with Gasteiger partial charge in [0.25, 0.3) is 0 Å². The number of thiocarbonyl (C=S) groups is 1. The molecule has 0 atom stereocenters. The predicted octanol–water partition coefficient (Wildman–Crippen LogP) is 3.01. The Balaban J connectivity index is 2.92. The topological polar surface area (TPSA) is 55.1 Å². The molecule has 17 heavy (non-hydrogen) atoms. The molecule has 0 spiro atoms. The van der Waals surface area contributed by atoms with Crippen molar-refractivity contribution in [2.45, 2.75) is 20.8 Å². The number of halogens is 1. The van der Waals surface area contributed by atoms with Gasteiger partial charge in [-0.05, 0) is 44.5 Å². The van der Waals surface area contributed by atoms with Crippen molar-refractivity contribution in [1.29, 1.82) is 0 Å². The molecule has 0 saturated carbocycles. The molecule has 1 rings (SSSR count). The largest absolute Gasteiger partial charge is 0.392 e. The van der Waals surface area contributed by atoms with Gasteiger partial charge in [0.15, 0.2) is 0 Å². The average Bonchev–Trinajstić information content (AvgIpc) is 2.15. The molecule has 5 heteroatoms. The van der Waals surface area contributed by atoms with Crippen LogP contribution in [0.2, 0.25) is 0 Å². The Kier molecular flexibility index (Phi) is 4.27. The van der Waals surface area contributed by atoms with Gasteiger partial charge < -0.3 is 11.1 Å². The molecule has 92 valence electrons. The molecule has 1 aromatic carbocycles. The Morgan fingerprint density at radius 3 is 2.47 bits per heavy atom. The van der Waals surface area contributed by atoms with Gasteiger partial charge in [-0.2, -0.15) is 0 Å². The summed E-state index contributed by atoms with van der Waals surface area (Å²) >= 11 is 8.26. The normalized spacial score (nSPS) is 11.1. The van der Waals surface area contributed by atoms with E-state index in [0.717, 1.165) is 15.7 Å². The second-order valence-electron chi connectivity index (χ2n) is 4.46. The molecule has 0 aliphatic heterocycles. The summed E-state index contributed by atoms with van der Waals surface area (Å²) in [4.78, 5) is 12.2. The van der Waals surface area contributed by atoms with Crippen LogP contribution in [0.1, 0.15) is 19.4 Å². The molecule has 0 bridgehead atoms. The number of amides is 1. The molecular formula is C12H15BrN2OS. The summed E-state index contributed by atoms with van der Waals surface area (Å²) in [5, 5.41) is 2.81. The zero-order valence-corrected chi connectivity index (χ0v) is 12.4. The highest BCUT2D eigenvalue weighted by Crippen LogP contribution is 2.22. The number of hydrogen-bond acceptors (Lipinski definition) is 2. The Morgan fingerprint density at radius 2 is 2.00 bits per heavy atom. The van der Waals surface area contributed by atoms with Crippen LogP contribution in [0.3, 0.4) is 0 Å². The molecule has 0 radical (unpaired) electrons. The summed E-state index contributed by atoms with van der Waals surface area (Å²) in [5.41, 5.74) is 6.48. The maximum atomic E-state index is 12.0. The number of aryl methyl sites for hydroxylation is 1. The van der Waals surface area contributed by atoms with Crippen LogP contribution in [-0.2, 0) is 4.79 Å². The summed E-state index contributed by atoms with van der Waals surface area (Å²) in [5.74, 6) is -0.206. The molecule has 3 N–H and O–H groups in total. The van der Waals surface area contributed by atoms with Crippen molar-refractivity contribution < 1.29 is 4.79 Å². The number of carbonyl (C=O) groups is 1. The standard InChI is InChI=1S/C12H15BrN2OS/c1-7-4-8(13)6-9(5-7)15-11(16)12(2,3)10(14)17/h4-6H,1-3H3,(H2,14,17)(H,15,16). The van der Waals surface area contributed by atoms with Gasteiger partial charge in [0.05, 0.1) is 10.4 Å². The third-order valence-corrected chi connectivity index (χ3v) is 3.45. The molecule has 1 amide bonds. The zero-order chi connectivity index (χ0) is 13.2. The fraction of sp³-hybridized carbons (Fsp3) is 0.333. The SMILES string of the molecule is Cc1cc(Br)cc(NC(=O)C(C)(C)C(N)=S)c1. The first-order chi connectivity index (χ1) is 7.73. The van der Waals surface area contributed by atoms with Crippen molar-refractivity contribution in [3.8, 4) is 0 Å². The fourth-order valence-electron chi connectivity index (χ4n) is 1.21. The molecule has 0 heterocycles. The first-order valence-electron chi connectivity index (χ1n) is 5.12. The van der Waals surface area contributed by atoms with Crippen molar-refractivity contribution in [1.82, 2.24) is 0 Å². The first kappa shape index (κ1) is 14.1. The summed E-state index contributed by atoms with van der Waals surface area (Å²) < 4.78 is 0.918.